The molecule has 1 aromatic heterocycles. The van der Waals surface area contributed by atoms with Gasteiger partial charge in [0.25, 0.3) is 5.91 Å². The molecule has 3 rings (SSSR count). The summed E-state index contributed by atoms with van der Waals surface area (Å²) in [6, 6.07) is 12.0. The predicted molar refractivity (Wildman–Crippen MR) is 95.4 cm³/mol. The standard InChI is InChI=1S/C19H20BrNO2/c1-14(11-15-7-3-2-4-8-15)19(22)21(17-9-5-6-10-17)18-12-16(20)13-23-18/h2-4,7-8,12-13,17H,1,5-6,9-11H2. The maximum absolute atomic E-state index is 13.0. The summed E-state index contributed by atoms with van der Waals surface area (Å²) in [6.45, 7) is 4.03. The third kappa shape index (κ3) is 3.75. The van der Waals surface area contributed by atoms with Gasteiger partial charge in [-0.25, -0.2) is 0 Å². The number of benzene rings is 1. The first kappa shape index (κ1) is 16.1. The van der Waals surface area contributed by atoms with E-state index in [0.29, 0.717) is 17.9 Å². The highest BCUT2D eigenvalue weighted by atomic mass is 79.9. The Balaban J connectivity index is 1.81. The van der Waals surface area contributed by atoms with Crippen LogP contribution >= 0.6 is 15.9 Å². The van der Waals surface area contributed by atoms with Crippen molar-refractivity contribution in [1.29, 1.82) is 0 Å². The van der Waals surface area contributed by atoms with Crippen LogP contribution in [0.1, 0.15) is 31.2 Å². The van der Waals surface area contributed by atoms with Crippen LogP contribution in [0.25, 0.3) is 0 Å². The molecule has 0 saturated heterocycles. The smallest absolute Gasteiger partial charge is 0.256 e. The summed E-state index contributed by atoms with van der Waals surface area (Å²) in [7, 11) is 0. The lowest BCUT2D eigenvalue weighted by atomic mass is 10.0. The van der Waals surface area contributed by atoms with Crippen LogP contribution in [0.15, 0.2) is 63.7 Å². The second-order valence-electron chi connectivity index (χ2n) is 5.98. The van der Waals surface area contributed by atoms with Gasteiger partial charge in [-0.1, -0.05) is 49.8 Å². The monoisotopic (exact) mass is 373 g/mol. The number of amides is 1. The van der Waals surface area contributed by atoms with Crippen molar-refractivity contribution in [2.45, 2.75) is 38.1 Å². The molecule has 0 aliphatic heterocycles. The van der Waals surface area contributed by atoms with Crippen molar-refractivity contribution in [3.05, 3.63) is 64.8 Å². The van der Waals surface area contributed by atoms with Crippen molar-refractivity contribution < 1.29 is 9.21 Å². The normalized spacial score (nSPS) is 14.8. The lowest BCUT2D eigenvalue weighted by molar-refractivity contribution is -0.115. The third-order valence-electron chi connectivity index (χ3n) is 4.26. The summed E-state index contributed by atoms with van der Waals surface area (Å²) in [4.78, 5) is 14.8. The van der Waals surface area contributed by atoms with Crippen LogP contribution in [-0.2, 0) is 11.2 Å². The summed E-state index contributed by atoms with van der Waals surface area (Å²) in [5.41, 5.74) is 1.69. The van der Waals surface area contributed by atoms with Crippen molar-refractivity contribution in [3.8, 4) is 0 Å². The fourth-order valence-corrected chi connectivity index (χ4v) is 3.41. The van der Waals surface area contributed by atoms with E-state index in [1.54, 1.807) is 11.2 Å². The Morgan fingerprint density at radius 1 is 1.26 bits per heavy atom. The number of anilines is 1. The van der Waals surface area contributed by atoms with E-state index in [2.05, 4.69) is 22.5 Å². The quantitative estimate of drug-likeness (QED) is 0.681. The fourth-order valence-electron chi connectivity index (χ4n) is 3.13. The molecule has 1 saturated carbocycles. The fraction of sp³-hybridized carbons (Fsp3) is 0.316. The molecule has 1 aliphatic carbocycles. The van der Waals surface area contributed by atoms with Crippen molar-refractivity contribution in [3.63, 3.8) is 0 Å². The first-order valence-corrected chi connectivity index (χ1v) is 8.74. The molecule has 120 valence electrons. The molecule has 23 heavy (non-hydrogen) atoms. The Labute approximate surface area is 145 Å². The van der Waals surface area contributed by atoms with Gasteiger partial charge >= 0.3 is 0 Å². The van der Waals surface area contributed by atoms with Crippen LogP contribution in [0.3, 0.4) is 0 Å². The molecular formula is C19H20BrNO2. The maximum atomic E-state index is 13.0. The van der Waals surface area contributed by atoms with Gasteiger partial charge in [0, 0.05) is 24.1 Å². The molecule has 0 atom stereocenters. The molecule has 0 bridgehead atoms. The maximum Gasteiger partial charge on any atom is 0.256 e. The number of halogens is 1. The summed E-state index contributed by atoms with van der Waals surface area (Å²) in [6.07, 6.45) is 6.52. The van der Waals surface area contributed by atoms with Crippen LogP contribution < -0.4 is 4.90 Å². The number of hydrogen-bond donors (Lipinski definition) is 0. The van der Waals surface area contributed by atoms with E-state index in [-0.39, 0.29) is 11.9 Å². The van der Waals surface area contributed by atoms with E-state index in [4.69, 9.17) is 4.42 Å². The number of carbonyl (C=O) groups excluding carboxylic acids is 1. The molecular weight excluding hydrogens is 354 g/mol. The zero-order valence-electron chi connectivity index (χ0n) is 13.0. The summed E-state index contributed by atoms with van der Waals surface area (Å²) < 4.78 is 6.42. The third-order valence-corrected chi connectivity index (χ3v) is 4.68. The summed E-state index contributed by atoms with van der Waals surface area (Å²) >= 11 is 3.39. The molecule has 1 aliphatic rings. The number of hydrogen-bond acceptors (Lipinski definition) is 2. The number of nitrogens with zero attached hydrogens (tertiary/aromatic N) is 1. The average Bonchev–Trinajstić information content (AvgIpc) is 3.21. The van der Waals surface area contributed by atoms with Crippen molar-refractivity contribution >= 4 is 27.7 Å². The van der Waals surface area contributed by atoms with Gasteiger partial charge in [0.2, 0.25) is 5.88 Å². The first-order valence-electron chi connectivity index (χ1n) is 7.94. The topological polar surface area (TPSA) is 33.5 Å². The van der Waals surface area contributed by atoms with Crippen LogP contribution in [0, 0.1) is 0 Å². The summed E-state index contributed by atoms with van der Waals surface area (Å²) in [5, 5.41) is 0. The highest BCUT2D eigenvalue weighted by Crippen LogP contribution is 2.32. The zero-order valence-corrected chi connectivity index (χ0v) is 14.6. The highest BCUT2D eigenvalue weighted by molar-refractivity contribution is 9.10. The van der Waals surface area contributed by atoms with Crippen molar-refractivity contribution in [2.24, 2.45) is 0 Å². The molecule has 2 aromatic rings. The lowest BCUT2D eigenvalue weighted by Gasteiger charge is -2.27. The summed E-state index contributed by atoms with van der Waals surface area (Å²) in [5.74, 6) is 0.561. The average molecular weight is 374 g/mol. The zero-order chi connectivity index (χ0) is 16.2. The van der Waals surface area contributed by atoms with Crippen LogP contribution in [0.4, 0.5) is 5.88 Å². The minimum absolute atomic E-state index is 0.0393. The molecule has 0 spiro atoms. The van der Waals surface area contributed by atoms with Gasteiger partial charge < -0.3 is 4.42 Å². The molecule has 1 heterocycles. The Hall–Kier alpha value is -1.81. The van der Waals surface area contributed by atoms with E-state index in [9.17, 15) is 4.79 Å². The van der Waals surface area contributed by atoms with Gasteiger partial charge in [-0.3, -0.25) is 9.69 Å². The Morgan fingerprint density at radius 2 is 1.96 bits per heavy atom. The molecule has 1 amide bonds. The van der Waals surface area contributed by atoms with Gasteiger partial charge in [-0.05, 0) is 34.3 Å². The van der Waals surface area contributed by atoms with Crippen LogP contribution in [0.2, 0.25) is 0 Å². The molecule has 1 fully saturated rings. The Morgan fingerprint density at radius 3 is 2.57 bits per heavy atom. The minimum Gasteiger partial charge on any atom is -0.447 e. The Bertz CT molecular complexity index is 686. The first-order chi connectivity index (χ1) is 11.1. The molecule has 3 nitrogen and oxygen atoms in total. The second kappa shape index (κ2) is 7.18. The minimum atomic E-state index is -0.0393. The predicted octanol–water partition coefficient (Wildman–Crippen LogP) is 5.12. The Kier molecular flexibility index (Phi) is 5.01. The molecule has 0 N–H and O–H groups in total. The molecule has 0 radical (unpaired) electrons. The van der Waals surface area contributed by atoms with Crippen molar-refractivity contribution in [2.75, 3.05) is 4.90 Å². The van der Waals surface area contributed by atoms with Gasteiger partial charge in [0.05, 0.1) is 4.47 Å². The van der Waals surface area contributed by atoms with Crippen molar-refractivity contribution in [1.82, 2.24) is 0 Å². The molecule has 1 aromatic carbocycles. The van der Waals surface area contributed by atoms with Gasteiger partial charge in [0.15, 0.2) is 0 Å². The van der Waals surface area contributed by atoms with E-state index < -0.39 is 0 Å². The number of carbonyl (C=O) groups is 1. The number of rotatable bonds is 5. The SMILES string of the molecule is C=C(Cc1ccccc1)C(=O)N(c1cc(Br)co1)C1CCCC1. The molecule has 0 unspecified atom stereocenters. The van der Waals surface area contributed by atoms with E-state index in [0.717, 1.165) is 35.7 Å². The van der Waals surface area contributed by atoms with E-state index in [1.165, 1.54) is 0 Å². The van der Waals surface area contributed by atoms with Crippen LogP contribution in [0.5, 0.6) is 0 Å². The second-order valence-corrected chi connectivity index (χ2v) is 6.90. The molecule has 4 heteroatoms. The highest BCUT2D eigenvalue weighted by Gasteiger charge is 2.31. The van der Waals surface area contributed by atoms with Gasteiger partial charge in [-0.2, -0.15) is 0 Å². The van der Waals surface area contributed by atoms with Gasteiger partial charge in [-0.15, -0.1) is 0 Å². The van der Waals surface area contributed by atoms with Crippen LogP contribution in [-0.4, -0.2) is 11.9 Å². The lowest BCUT2D eigenvalue weighted by Crippen LogP contribution is -2.39. The van der Waals surface area contributed by atoms with E-state index >= 15 is 0 Å². The van der Waals surface area contributed by atoms with Gasteiger partial charge in [0.1, 0.15) is 6.26 Å². The number of furan rings is 1. The largest absolute Gasteiger partial charge is 0.447 e. The van der Waals surface area contributed by atoms with E-state index in [1.807, 2.05) is 36.4 Å².